The molecule has 7 nitrogen and oxygen atoms in total. The first kappa shape index (κ1) is 15.1. The molecule has 2 fully saturated rings. The van der Waals surface area contributed by atoms with Crippen LogP contribution in [0.3, 0.4) is 0 Å². The van der Waals surface area contributed by atoms with Gasteiger partial charge < -0.3 is 20.9 Å². The molecule has 2 aromatic rings. The molecule has 3 heterocycles. The van der Waals surface area contributed by atoms with E-state index in [4.69, 9.17) is 5.73 Å². The van der Waals surface area contributed by atoms with Crippen LogP contribution in [0.25, 0.3) is 11.4 Å². The predicted octanol–water partition coefficient (Wildman–Crippen LogP) is 1.05. The molecule has 1 aliphatic heterocycles. The average Bonchev–Trinajstić information content (AvgIpc) is 3.24. The highest BCUT2D eigenvalue weighted by Crippen LogP contribution is 2.29. The van der Waals surface area contributed by atoms with Crippen LogP contribution < -0.4 is 16.0 Å². The van der Waals surface area contributed by atoms with E-state index in [0.717, 1.165) is 50.2 Å². The van der Waals surface area contributed by atoms with Gasteiger partial charge in [0.15, 0.2) is 0 Å². The summed E-state index contributed by atoms with van der Waals surface area (Å²) >= 11 is 0. The molecule has 1 aliphatic carbocycles. The summed E-state index contributed by atoms with van der Waals surface area (Å²) in [7, 11) is 0. The van der Waals surface area contributed by atoms with Gasteiger partial charge in [0.05, 0.1) is 16.9 Å². The Labute approximate surface area is 140 Å². The fraction of sp³-hybridized carbons (Fsp3) is 0.471. The van der Waals surface area contributed by atoms with Crippen LogP contribution in [-0.2, 0) is 4.79 Å². The number of aromatic nitrogens is 3. The Bertz CT molecular complexity index is 724. The molecule has 4 rings (SSSR count). The minimum absolute atomic E-state index is 0.0124. The number of aromatic amines is 1. The third kappa shape index (κ3) is 2.75. The number of hydrogen-bond acceptors (Lipinski definition) is 5. The second-order valence-electron chi connectivity index (χ2n) is 6.74. The molecule has 1 saturated carbocycles. The Morgan fingerprint density at radius 1 is 1.42 bits per heavy atom. The largest absolute Gasteiger partial charge is 0.360 e. The minimum atomic E-state index is -0.641. The number of hydrogen-bond donors (Lipinski definition) is 3. The van der Waals surface area contributed by atoms with Gasteiger partial charge >= 0.3 is 0 Å². The summed E-state index contributed by atoms with van der Waals surface area (Å²) in [5.41, 5.74) is 7.29. The van der Waals surface area contributed by atoms with Crippen molar-refractivity contribution >= 4 is 11.9 Å². The molecule has 0 aromatic carbocycles. The van der Waals surface area contributed by atoms with Gasteiger partial charge in [-0.05, 0) is 43.9 Å². The molecule has 7 heteroatoms. The van der Waals surface area contributed by atoms with Crippen LogP contribution in [-0.4, -0.2) is 45.5 Å². The molecule has 0 radical (unpaired) electrons. The Morgan fingerprint density at radius 2 is 2.29 bits per heavy atom. The second kappa shape index (κ2) is 5.90. The van der Waals surface area contributed by atoms with Gasteiger partial charge in [0.25, 0.3) is 0 Å². The fourth-order valence-corrected chi connectivity index (χ4v) is 3.31. The monoisotopic (exact) mass is 326 g/mol. The highest BCUT2D eigenvalue weighted by atomic mass is 16.2. The van der Waals surface area contributed by atoms with Crippen molar-refractivity contribution in [3.8, 4) is 11.4 Å². The molecule has 126 valence electrons. The van der Waals surface area contributed by atoms with E-state index in [0.29, 0.717) is 5.95 Å². The van der Waals surface area contributed by atoms with Crippen molar-refractivity contribution < 1.29 is 4.79 Å². The smallest absolute Gasteiger partial charge is 0.240 e. The van der Waals surface area contributed by atoms with Crippen molar-refractivity contribution in [3.05, 3.63) is 30.6 Å². The number of rotatable bonds is 4. The lowest BCUT2D eigenvalue weighted by atomic mass is 9.77. The van der Waals surface area contributed by atoms with Crippen molar-refractivity contribution in [2.45, 2.75) is 37.3 Å². The van der Waals surface area contributed by atoms with Crippen molar-refractivity contribution in [3.63, 3.8) is 0 Å². The Kier molecular flexibility index (Phi) is 3.72. The molecule has 1 atom stereocenters. The number of carbonyl (C=O) groups is 1. The van der Waals surface area contributed by atoms with E-state index in [1.807, 2.05) is 24.4 Å². The van der Waals surface area contributed by atoms with E-state index < -0.39 is 5.54 Å². The van der Waals surface area contributed by atoms with Crippen LogP contribution in [0.15, 0.2) is 30.6 Å². The summed E-state index contributed by atoms with van der Waals surface area (Å²) in [5.74, 6) is 0.687. The fourth-order valence-electron chi connectivity index (χ4n) is 3.31. The number of anilines is 1. The Morgan fingerprint density at radius 3 is 3.00 bits per heavy atom. The zero-order valence-electron chi connectivity index (χ0n) is 13.5. The molecule has 0 spiro atoms. The molecule has 0 bridgehead atoms. The van der Waals surface area contributed by atoms with Crippen LogP contribution in [0.4, 0.5) is 5.95 Å². The van der Waals surface area contributed by atoms with E-state index in [2.05, 4.69) is 25.2 Å². The molecule has 2 aromatic heterocycles. The summed E-state index contributed by atoms with van der Waals surface area (Å²) in [4.78, 5) is 26.6. The van der Waals surface area contributed by atoms with E-state index in [1.54, 1.807) is 6.20 Å². The quantitative estimate of drug-likeness (QED) is 0.780. The second-order valence-corrected chi connectivity index (χ2v) is 6.74. The van der Waals surface area contributed by atoms with Gasteiger partial charge in [0.1, 0.15) is 0 Å². The summed E-state index contributed by atoms with van der Waals surface area (Å²) in [6.07, 6.45) is 7.15. The summed E-state index contributed by atoms with van der Waals surface area (Å²) in [5, 5.41) is 3.10. The zero-order valence-corrected chi connectivity index (χ0v) is 13.5. The number of nitrogens with zero attached hydrogens (tertiary/aromatic N) is 3. The van der Waals surface area contributed by atoms with Gasteiger partial charge in [0, 0.05) is 31.5 Å². The van der Waals surface area contributed by atoms with E-state index >= 15 is 0 Å². The highest BCUT2D eigenvalue weighted by molar-refractivity contribution is 5.87. The zero-order chi connectivity index (χ0) is 16.6. The molecular weight excluding hydrogens is 304 g/mol. The summed E-state index contributed by atoms with van der Waals surface area (Å²) < 4.78 is 0. The molecule has 2 aliphatic rings. The summed E-state index contributed by atoms with van der Waals surface area (Å²) in [6, 6.07) is 5.93. The van der Waals surface area contributed by atoms with Crippen LogP contribution in [0, 0.1) is 0 Å². The summed E-state index contributed by atoms with van der Waals surface area (Å²) in [6.45, 7) is 1.55. The maximum absolute atomic E-state index is 12.3. The topological polar surface area (TPSA) is 99.9 Å². The van der Waals surface area contributed by atoms with Crippen LogP contribution in [0.1, 0.15) is 25.7 Å². The highest BCUT2D eigenvalue weighted by Gasteiger charge is 2.41. The van der Waals surface area contributed by atoms with Crippen LogP contribution >= 0.6 is 0 Å². The lowest BCUT2D eigenvalue weighted by Crippen LogP contribution is -2.60. The maximum Gasteiger partial charge on any atom is 0.240 e. The van der Waals surface area contributed by atoms with Crippen molar-refractivity contribution in [2.75, 3.05) is 18.0 Å². The Hall–Kier alpha value is -2.41. The van der Waals surface area contributed by atoms with Crippen molar-refractivity contribution in [1.29, 1.82) is 0 Å². The minimum Gasteiger partial charge on any atom is -0.360 e. The SMILES string of the molecule is NC1(C(=O)NC2CCN(c3nccc(-c4ccc[nH]4)n3)C2)CCC1. The lowest BCUT2D eigenvalue weighted by molar-refractivity contribution is -0.129. The molecule has 24 heavy (non-hydrogen) atoms. The van der Waals surface area contributed by atoms with E-state index in [1.165, 1.54) is 0 Å². The lowest BCUT2D eigenvalue weighted by Gasteiger charge is -2.37. The van der Waals surface area contributed by atoms with Crippen molar-refractivity contribution in [1.82, 2.24) is 20.3 Å². The molecule has 1 saturated heterocycles. The number of nitrogens with two attached hydrogens (primary N) is 1. The van der Waals surface area contributed by atoms with Gasteiger partial charge in [-0.3, -0.25) is 4.79 Å². The number of nitrogens with one attached hydrogen (secondary N) is 2. The van der Waals surface area contributed by atoms with Gasteiger partial charge in [0.2, 0.25) is 11.9 Å². The number of H-pyrrole nitrogens is 1. The first-order valence-electron chi connectivity index (χ1n) is 8.46. The van der Waals surface area contributed by atoms with Crippen molar-refractivity contribution in [2.24, 2.45) is 5.73 Å². The molecule has 1 amide bonds. The Balaban J connectivity index is 1.41. The number of carbonyl (C=O) groups excluding carboxylic acids is 1. The maximum atomic E-state index is 12.3. The van der Waals surface area contributed by atoms with Crippen LogP contribution in [0.2, 0.25) is 0 Å². The average molecular weight is 326 g/mol. The van der Waals surface area contributed by atoms with E-state index in [9.17, 15) is 4.79 Å². The van der Waals surface area contributed by atoms with E-state index in [-0.39, 0.29) is 11.9 Å². The predicted molar refractivity (Wildman–Crippen MR) is 91.3 cm³/mol. The van der Waals surface area contributed by atoms with Crippen LogP contribution in [0.5, 0.6) is 0 Å². The normalized spacial score (nSPS) is 22.2. The van der Waals surface area contributed by atoms with Gasteiger partial charge in [-0.1, -0.05) is 0 Å². The first-order valence-corrected chi connectivity index (χ1v) is 8.46. The molecule has 1 unspecified atom stereocenters. The number of amides is 1. The first-order chi connectivity index (χ1) is 11.6. The van der Waals surface area contributed by atoms with Gasteiger partial charge in [-0.2, -0.15) is 0 Å². The van der Waals surface area contributed by atoms with Gasteiger partial charge in [-0.25, -0.2) is 9.97 Å². The van der Waals surface area contributed by atoms with Gasteiger partial charge in [-0.15, -0.1) is 0 Å². The third-order valence-corrected chi connectivity index (χ3v) is 5.02. The molecule has 4 N–H and O–H groups in total. The standard InChI is InChI=1S/C17H22N6O/c18-17(6-2-7-17)15(24)21-12-5-10-23(11-12)16-20-9-4-14(22-16)13-3-1-8-19-13/h1,3-4,8-9,12,19H,2,5-7,10-11,18H2,(H,21,24). The molecular formula is C17H22N6O. The third-order valence-electron chi connectivity index (χ3n) is 5.02.